The summed E-state index contributed by atoms with van der Waals surface area (Å²) in [5.74, 6) is -0.465. The van der Waals surface area contributed by atoms with Gasteiger partial charge in [-0.25, -0.2) is 0 Å². The zero-order valence-corrected chi connectivity index (χ0v) is 11.2. The van der Waals surface area contributed by atoms with Gasteiger partial charge in [0, 0.05) is 30.1 Å². The van der Waals surface area contributed by atoms with Gasteiger partial charge in [0.1, 0.15) is 0 Å². The van der Waals surface area contributed by atoms with Crippen LogP contribution in [0.4, 0.5) is 0 Å². The SMILES string of the molecule is CCCC1([N+](=O)[O-])CCC(C)(O)C(/C(C)=N/O)C1. The minimum atomic E-state index is -1.04. The largest absolute Gasteiger partial charge is 0.411 e. The van der Waals surface area contributed by atoms with Crippen LogP contribution in [-0.4, -0.2) is 32.1 Å². The molecule has 1 saturated carbocycles. The van der Waals surface area contributed by atoms with E-state index in [-0.39, 0.29) is 11.3 Å². The van der Waals surface area contributed by atoms with Crippen molar-refractivity contribution in [3.8, 4) is 0 Å². The van der Waals surface area contributed by atoms with Crippen LogP contribution in [0.15, 0.2) is 5.16 Å². The number of hydrogen-bond donors (Lipinski definition) is 2. The zero-order chi connectivity index (χ0) is 14.0. The second-order valence-corrected chi connectivity index (χ2v) is 5.59. The summed E-state index contributed by atoms with van der Waals surface area (Å²) in [6.07, 6.45) is 2.18. The molecule has 0 amide bonds. The third kappa shape index (κ3) is 2.63. The van der Waals surface area contributed by atoms with Gasteiger partial charge in [0.25, 0.3) is 0 Å². The molecule has 0 bridgehead atoms. The first-order chi connectivity index (χ1) is 8.29. The molecular weight excluding hydrogens is 236 g/mol. The molecule has 6 nitrogen and oxygen atoms in total. The van der Waals surface area contributed by atoms with Gasteiger partial charge in [0.05, 0.1) is 11.3 Å². The molecule has 1 aliphatic rings. The van der Waals surface area contributed by atoms with E-state index in [0.29, 0.717) is 25.0 Å². The van der Waals surface area contributed by atoms with Crippen LogP contribution in [0.3, 0.4) is 0 Å². The van der Waals surface area contributed by atoms with Crippen LogP contribution in [0.5, 0.6) is 0 Å². The fourth-order valence-electron chi connectivity index (χ4n) is 2.98. The molecular formula is C12H22N2O4. The van der Waals surface area contributed by atoms with Crippen molar-refractivity contribution in [2.75, 3.05) is 0 Å². The second kappa shape index (κ2) is 5.22. The Labute approximate surface area is 107 Å². The molecule has 1 fully saturated rings. The van der Waals surface area contributed by atoms with Crippen molar-refractivity contribution >= 4 is 5.71 Å². The molecule has 1 aliphatic carbocycles. The van der Waals surface area contributed by atoms with Gasteiger partial charge in [-0.15, -0.1) is 0 Å². The molecule has 0 spiro atoms. The first kappa shape index (κ1) is 14.9. The molecule has 0 radical (unpaired) electrons. The molecule has 3 unspecified atom stereocenters. The quantitative estimate of drug-likeness (QED) is 0.349. The third-order valence-corrected chi connectivity index (χ3v) is 4.20. The Morgan fingerprint density at radius 1 is 1.56 bits per heavy atom. The van der Waals surface area contributed by atoms with E-state index in [2.05, 4.69) is 5.16 Å². The lowest BCUT2D eigenvalue weighted by atomic mass is 9.65. The summed E-state index contributed by atoms with van der Waals surface area (Å²) in [4.78, 5) is 11.1. The number of nitrogens with zero attached hydrogens (tertiary/aromatic N) is 2. The van der Waals surface area contributed by atoms with Crippen molar-refractivity contribution in [2.45, 2.75) is 64.0 Å². The van der Waals surface area contributed by atoms with E-state index in [9.17, 15) is 15.2 Å². The Balaban J connectivity index is 3.05. The fraction of sp³-hybridized carbons (Fsp3) is 0.917. The van der Waals surface area contributed by atoms with Crippen LogP contribution in [-0.2, 0) is 0 Å². The lowest BCUT2D eigenvalue weighted by Gasteiger charge is -2.42. The topological polar surface area (TPSA) is 96.0 Å². The maximum Gasteiger partial charge on any atom is 0.223 e. The van der Waals surface area contributed by atoms with Gasteiger partial charge in [0.2, 0.25) is 5.54 Å². The summed E-state index contributed by atoms with van der Waals surface area (Å²) in [5.41, 5.74) is -1.67. The molecule has 104 valence electrons. The van der Waals surface area contributed by atoms with E-state index < -0.39 is 17.1 Å². The second-order valence-electron chi connectivity index (χ2n) is 5.59. The summed E-state index contributed by atoms with van der Waals surface area (Å²) in [5, 5.41) is 33.7. The van der Waals surface area contributed by atoms with Crippen LogP contribution >= 0.6 is 0 Å². The minimum Gasteiger partial charge on any atom is -0.411 e. The van der Waals surface area contributed by atoms with Crippen molar-refractivity contribution in [2.24, 2.45) is 11.1 Å². The van der Waals surface area contributed by atoms with Crippen molar-refractivity contribution in [1.82, 2.24) is 0 Å². The van der Waals surface area contributed by atoms with Gasteiger partial charge < -0.3 is 10.3 Å². The number of aliphatic hydroxyl groups is 1. The summed E-state index contributed by atoms with van der Waals surface area (Å²) in [7, 11) is 0. The van der Waals surface area contributed by atoms with Crippen LogP contribution in [0.2, 0.25) is 0 Å². The Kier molecular flexibility index (Phi) is 4.32. The average Bonchev–Trinajstić information content (AvgIpc) is 2.30. The summed E-state index contributed by atoms with van der Waals surface area (Å²) in [6.45, 7) is 5.17. The van der Waals surface area contributed by atoms with Crippen LogP contribution in [0.25, 0.3) is 0 Å². The standard InChI is InChI=1S/C12H22N2O4/c1-4-5-12(14(17)18)7-6-11(3,15)10(8-12)9(2)13-16/h10,15-16H,4-8H2,1-3H3/b13-9+. The molecule has 0 aromatic heterocycles. The normalized spacial score (nSPS) is 37.6. The molecule has 18 heavy (non-hydrogen) atoms. The zero-order valence-electron chi connectivity index (χ0n) is 11.2. The summed E-state index contributed by atoms with van der Waals surface area (Å²) < 4.78 is 0. The fourth-order valence-corrected chi connectivity index (χ4v) is 2.98. The highest BCUT2D eigenvalue weighted by Gasteiger charge is 2.53. The third-order valence-electron chi connectivity index (χ3n) is 4.20. The predicted octanol–water partition coefficient (Wildman–Crippen LogP) is 2.20. The first-order valence-corrected chi connectivity index (χ1v) is 6.34. The molecule has 1 rings (SSSR count). The van der Waals surface area contributed by atoms with Gasteiger partial charge in [-0.05, 0) is 26.7 Å². The molecule has 3 atom stereocenters. The lowest BCUT2D eigenvalue weighted by Crippen LogP contribution is -2.53. The van der Waals surface area contributed by atoms with E-state index in [1.807, 2.05) is 6.92 Å². The number of oxime groups is 1. The predicted molar refractivity (Wildman–Crippen MR) is 67.5 cm³/mol. The minimum absolute atomic E-state index is 0.219. The highest BCUT2D eigenvalue weighted by atomic mass is 16.6. The van der Waals surface area contributed by atoms with Crippen molar-refractivity contribution < 1.29 is 15.2 Å². The van der Waals surface area contributed by atoms with Crippen molar-refractivity contribution in [3.63, 3.8) is 0 Å². The smallest absolute Gasteiger partial charge is 0.223 e. The number of hydrogen-bond acceptors (Lipinski definition) is 5. The summed E-state index contributed by atoms with van der Waals surface area (Å²) >= 11 is 0. The molecule has 2 N–H and O–H groups in total. The van der Waals surface area contributed by atoms with Crippen molar-refractivity contribution in [1.29, 1.82) is 0 Å². The summed E-state index contributed by atoms with van der Waals surface area (Å²) in [6, 6.07) is 0. The highest BCUT2D eigenvalue weighted by Crippen LogP contribution is 2.43. The Morgan fingerprint density at radius 3 is 2.61 bits per heavy atom. The lowest BCUT2D eigenvalue weighted by molar-refractivity contribution is -0.579. The molecule has 6 heteroatoms. The van der Waals surface area contributed by atoms with Gasteiger partial charge in [0.15, 0.2) is 0 Å². The van der Waals surface area contributed by atoms with Crippen LogP contribution in [0, 0.1) is 16.0 Å². The Morgan fingerprint density at radius 2 is 2.17 bits per heavy atom. The Bertz CT molecular complexity index is 354. The maximum absolute atomic E-state index is 11.4. The molecule has 0 heterocycles. The van der Waals surface area contributed by atoms with Crippen LogP contribution < -0.4 is 0 Å². The molecule has 0 aromatic carbocycles. The average molecular weight is 258 g/mol. The molecule has 0 aliphatic heterocycles. The van der Waals surface area contributed by atoms with E-state index in [1.165, 1.54) is 0 Å². The maximum atomic E-state index is 11.4. The number of rotatable bonds is 4. The molecule has 0 aromatic rings. The number of nitro groups is 1. The van der Waals surface area contributed by atoms with E-state index in [1.54, 1.807) is 13.8 Å². The highest BCUT2D eigenvalue weighted by molar-refractivity contribution is 5.85. The Hall–Kier alpha value is -1.17. The monoisotopic (exact) mass is 258 g/mol. The van der Waals surface area contributed by atoms with E-state index in [4.69, 9.17) is 5.21 Å². The van der Waals surface area contributed by atoms with Crippen molar-refractivity contribution in [3.05, 3.63) is 10.1 Å². The molecule has 0 saturated heterocycles. The van der Waals surface area contributed by atoms with Gasteiger partial charge in [-0.1, -0.05) is 12.1 Å². The van der Waals surface area contributed by atoms with Gasteiger partial charge in [-0.3, -0.25) is 10.1 Å². The van der Waals surface area contributed by atoms with E-state index >= 15 is 0 Å². The van der Waals surface area contributed by atoms with Crippen LogP contribution in [0.1, 0.15) is 52.9 Å². The van der Waals surface area contributed by atoms with Gasteiger partial charge >= 0.3 is 0 Å². The van der Waals surface area contributed by atoms with Gasteiger partial charge in [-0.2, -0.15) is 0 Å². The first-order valence-electron chi connectivity index (χ1n) is 6.34. The van der Waals surface area contributed by atoms with E-state index in [0.717, 1.165) is 6.42 Å².